The summed E-state index contributed by atoms with van der Waals surface area (Å²) >= 11 is 1.53. The van der Waals surface area contributed by atoms with Crippen molar-refractivity contribution in [1.82, 2.24) is 29.7 Å². The third kappa shape index (κ3) is 5.13. The number of hydrogen-bond acceptors (Lipinski definition) is 6. The maximum Gasteiger partial charge on any atom is 0.103 e. The molecule has 0 aliphatic carbocycles. The van der Waals surface area contributed by atoms with Crippen LogP contribution < -0.4 is 5.32 Å². The summed E-state index contributed by atoms with van der Waals surface area (Å²) in [6.45, 7) is 4.51. The van der Waals surface area contributed by atoms with Crippen molar-refractivity contribution in [2.24, 2.45) is 7.05 Å². The minimum absolute atomic E-state index is 0.548. The number of hydrogen-bond donors (Lipinski definition) is 1. The molecule has 31 heavy (non-hydrogen) atoms. The summed E-state index contributed by atoms with van der Waals surface area (Å²) < 4.78 is 3.51. The maximum absolute atomic E-state index is 9.40. The van der Waals surface area contributed by atoms with Gasteiger partial charge in [-0.1, -0.05) is 24.2 Å². The van der Waals surface area contributed by atoms with Crippen LogP contribution in [0.25, 0.3) is 16.6 Å². The van der Waals surface area contributed by atoms with Crippen LogP contribution in [0.5, 0.6) is 0 Å². The van der Waals surface area contributed by atoms with E-state index < -0.39 is 0 Å². The van der Waals surface area contributed by atoms with Crippen LogP contribution in [0.1, 0.15) is 30.4 Å². The van der Waals surface area contributed by atoms with E-state index in [9.17, 15) is 5.26 Å². The zero-order valence-corrected chi connectivity index (χ0v) is 18.6. The molecule has 1 aliphatic heterocycles. The van der Waals surface area contributed by atoms with Gasteiger partial charge in [0.1, 0.15) is 11.1 Å². The van der Waals surface area contributed by atoms with Gasteiger partial charge >= 0.3 is 0 Å². The van der Waals surface area contributed by atoms with Crippen molar-refractivity contribution < 1.29 is 0 Å². The molecule has 4 aromatic heterocycles. The third-order valence-electron chi connectivity index (χ3n) is 5.04. The number of aromatic nitrogens is 5. The summed E-state index contributed by atoms with van der Waals surface area (Å²) in [6, 6.07) is 8.28. The van der Waals surface area contributed by atoms with Crippen LogP contribution in [0.15, 0.2) is 59.1 Å². The summed E-state index contributed by atoms with van der Waals surface area (Å²) in [5.41, 5.74) is 4.44. The van der Waals surface area contributed by atoms with Gasteiger partial charge in [-0.05, 0) is 50.6 Å². The number of nitrogens with one attached hydrogen (secondary N) is 1. The van der Waals surface area contributed by atoms with Crippen LogP contribution in [0, 0.1) is 18.3 Å². The van der Waals surface area contributed by atoms with Crippen molar-refractivity contribution >= 4 is 17.3 Å². The van der Waals surface area contributed by atoms with Crippen molar-refractivity contribution in [2.45, 2.75) is 36.1 Å². The highest BCUT2D eigenvalue weighted by Gasteiger charge is 2.14. The molecule has 1 N–H and O–H groups in total. The van der Waals surface area contributed by atoms with Crippen LogP contribution >= 0.6 is 11.8 Å². The van der Waals surface area contributed by atoms with Crippen LogP contribution in [-0.4, -0.2) is 37.5 Å². The first kappa shape index (κ1) is 21.1. The Kier molecular flexibility index (Phi) is 6.65. The van der Waals surface area contributed by atoms with Gasteiger partial charge in [-0.3, -0.25) is 4.68 Å². The summed E-state index contributed by atoms with van der Waals surface area (Å²) in [5, 5.41) is 22.1. The molecular weight excluding hydrogens is 406 g/mol. The fourth-order valence-corrected chi connectivity index (χ4v) is 4.35. The minimum atomic E-state index is 0.548. The van der Waals surface area contributed by atoms with E-state index in [4.69, 9.17) is 0 Å². The molecule has 0 aromatic carbocycles. The highest BCUT2D eigenvalue weighted by molar-refractivity contribution is 7.99. The number of fused-ring (bicyclic) bond motifs is 1. The van der Waals surface area contributed by atoms with Crippen molar-refractivity contribution in [3.8, 4) is 17.2 Å². The molecule has 0 spiro atoms. The first-order chi connectivity index (χ1) is 15.1. The molecule has 1 fully saturated rings. The Morgan fingerprint density at radius 2 is 1.87 bits per heavy atom. The molecule has 0 unspecified atom stereocenters. The first-order valence-electron chi connectivity index (χ1n) is 10.4. The van der Waals surface area contributed by atoms with E-state index in [0.29, 0.717) is 5.56 Å². The fraction of sp³-hybridized carbons (Fsp3) is 0.304. The zero-order chi connectivity index (χ0) is 21.6. The summed E-state index contributed by atoms with van der Waals surface area (Å²) in [4.78, 5) is 5.40. The lowest BCUT2D eigenvalue weighted by atomic mass is 10.1. The van der Waals surface area contributed by atoms with Gasteiger partial charge in [0.05, 0.1) is 23.5 Å². The standard InChI is InChI=1S/C18H14N6S.C5H11N/c1-12-3-4-17(20-7-12)25-16-5-13(15-9-21-23(2)10-15)11-24-18(16)14(6-19)8-22-24;1-2-4-6-5-3-1/h3-5,7-11H,1-2H3;6H,1-5H2. The Balaban J connectivity index is 0.000000334. The number of nitriles is 1. The van der Waals surface area contributed by atoms with Gasteiger partial charge in [0, 0.05) is 41.7 Å². The molecule has 0 atom stereocenters. The van der Waals surface area contributed by atoms with E-state index in [0.717, 1.165) is 32.1 Å². The molecule has 5 rings (SSSR count). The number of piperidine rings is 1. The molecule has 0 radical (unpaired) electrons. The smallest absolute Gasteiger partial charge is 0.103 e. The normalized spacial score (nSPS) is 13.5. The summed E-state index contributed by atoms with van der Waals surface area (Å²) in [6.07, 6.45) is 13.3. The summed E-state index contributed by atoms with van der Waals surface area (Å²) in [5.74, 6) is 0. The van der Waals surface area contributed by atoms with E-state index in [-0.39, 0.29) is 0 Å². The van der Waals surface area contributed by atoms with Crippen molar-refractivity contribution in [2.75, 3.05) is 13.1 Å². The van der Waals surface area contributed by atoms with E-state index in [2.05, 4.69) is 32.6 Å². The number of rotatable bonds is 3. The molecule has 1 saturated heterocycles. The van der Waals surface area contributed by atoms with Gasteiger partial charge in [-0.2, -0.15) is 15.5 Å². The molecule has 8 heteroatoms. The van der Waals surface area contributed by atoms with Gasteiger partial charge in [-0.25, -0.2) is 9.50 Å². The van der Waals surface area contributed by atoms with Gasteiger partial charge in [0.25, 0.3) is 0 Å². The van der Waals surface area contributed by atoms with Gasteiger partial charge in [-0.15, -0.1) is 0 Å². The van der Waals surface area contributed by atoms with Crippen molar-refractivity contribution in [3.63, 3.8) is 0 Å². The molecule has 7 nitrogen and oxygen atoms in total. The molecule has 0 saturated carbocycles. The van der Waals surface area contributed by atoms with Gasteiger partial charge < -0.3 is 5.32 Å². The monoisotopic (exact) mass is 431 g/mol. The van der Waals surface area contributed by atoms with Crippen LogP contribution in [0.4, 0.5) is 0 Å². The second kappa shape index (κ2) is 9.77. The van der Waals surface area contributed by atoms with Gasteiger partial charge in [0.2, 0.25) is 0 Å². The Bertz CT molecular complexity index is 1190. The predicted molar refractivity (Wildman–Crippen MR) is 122 cm³/mol. The largest absolute Gasteiger partial charge is 0.317 e. The molecule has 0 amide bonds. The highest BCUT2D eigenvalue weighted by atomic mass is 32.2. The predicted octanol–water partition coefficient (Wildman–Crippen LogP) is 4.22. The molecule has 5 heterocycles. The lowest BCUT2D eigenvalue weighted by Crippen LogP contribution is -2.21. The first-order valence-corrected chi connectivity index (χ1v) is 11.2. The lowest BCUT2D eigenvalue weighted by molar-refractivity contribution is 0.520. The van der Waals surface area contributed by atoms with E-state index in [1.54, 1.807) is 15.4 Å². The summed E-state index contributed by atoms with van der Waals surface area (Å²) in [7, 11) is 1.88. The third-order valence-corrected chi connectivity index (χ3v) is 6.02. The second-order valence-corrected chi connectivity index (χ2v) is 8.61. The quantitative estimate of drug-likeness (QED) is 0.523. The molecule has 1 aliphatic rings. The van der Waals surface area contributed by atoms with Crippen LogP contribution in [0.2, 0.25) is 0 Å². The lowest BCUT2D eigenvalue weighted by Gasteiger charge is -2.08. The Hall–Kier alpha value is -3.15. The van der Waals surface area contributed by atoms with Crippen LogP contribution in [0.3, 0.4) is 0 Å². The number of aryl methyl sites for hydroxylation is 2. The number of nitrogens with zero attached hydrogens (tertiary/aromatic N) is 6. The minimum Gasteiger partial charge on any atom is -0.317 e. The average molecular weight is 432 g/mol. The Morgan fingerprint density at radius 3 is 2.45 bits per heavy atom. The Labute approximate surface area is 186 Å². The van der Waals surface area contributed by atoms with Crippen molar-refractivity contribution in [1.29, 1.82) is 5.26 Å². The van der Waals surface area contributed by atoms with E-state index in [1.807, 2.05) is 50.9 Å². The molecule has 0 bridgehead atoms. The van der Waals surface area contributed by atoms with Gasteiger partial charge in [0.15, 0.2) is 0 Å². The molecular formula is C23H25N7S. The topological polar surface area (TPSA) is 83.8 Å². The maximum atomic E-state index is 9.40. The molecule has 158 valence electrons. The SMILES string of the molecule is C1CCNCC1.Cc1ccc(Sc2cc(-c3cnn(C)c3)cn3ncc(C#N)c23)nc1. The van der Waals surface area contributed by atoms with E-state index >= 15 is 0 Å². The molecule has 4 aromatic rings. The highest BCUT2D eigenvalue weighted by Crippen LogP contribution is 2.34. The van der Waals surface area contributed by atoms with Crippen molar-refractivity contribution in [3.05, 3.63) is 60.3 Å². The van der Waals surface area contributed by atoms with Crippen LogP contribution in [-0.2, 0) is 7.05 Å². The Morgan fingerprint density at radius 1 is 1.03 bits per heavy atom. The fourth-order valence-electron chi connectivity index (χ4n) is 3.40. The van der Waals surface area contributed by atoms with E-state index in [1.165, 1.54) is 44.1 Å². The zero-order valence-electron chi connectivity index (χ0n) is 17.7. The average Bonchev–Trinajstić information content (AvgIpc) is 3.43. The number of pyridine rings is 2. The second-order valence-electron chi connectivity index (χ2n) is 7.55.